The van der Waals surface area contributed by atoms with E-state index in [2.05, 4.69) is 5.32 Å². The Hall–Kier alpha value is -0.520. The molecular weight excluding hydrogens is 254 g/mol. The van der Waals surface area contributed by atoms with E-state index in [0.717, 1.165) is 22.8 Å². The molecule has 5 heteroatoms. The molecule has 3 nitrogen and oxygen atoms in total. The molecule has 1 amide bonds. The number of hydrogen-bond acceptors (Lipinski definition) is 4. The second-order valence-corrected chi connectivity index (χ2v) is 6.36. The molecule has 0 spiro atoms. The van der Waals surface area contributed by atoms with E-state index < -0.39 is 0 Å². The van der Waals surface area contributed by atoms with Crippen LogP contribution < -0.4 is 5.32 Å². The lowest BCUT2D eigenvalue weighted by Gasteiger charge is -2.26. The van der Waals surface area contributed by atoms with Crippen LogP contribution in [0.4, 0.5) is 0 Å². The van der Waals surface area contributed by atoms with Crippen molar-refractivity contribution >= 4 is 29.0 Å². The smallest absolute Gasteiger partial charge is 0.225 e. The number of rotatable bonds is 5. The van der Waals surface area contributed by atoms with Crippen LogP contribution in [-0.2, 0) is 16.0 Å². The maximum Gasteiger partial charge on any atom is 0.225 e. The number of thiophene rings is 1. The summed E-state index contributed by atoms with van der Waals surface area (Å²) >= 11 is 3.51. The van der Waals surface area contributed by atoms with Crippen LogP contribution >= 0.6 is 23.1 Å². The van der Waals surface area contributed by atoms with Crippen molar-refractivity contribution in [1.29, 1.82) is 0 Å². The number of amides is 1. The standard InChI is InChI=1S/C12H17NO2S2/c1-15-12(4-6-16-9-12)8-13-11(14)7-10-3-2-5-17-10/h2-3,5H,4,6-9H2,1H3,(H,13,14)/t12-/m0/s1. The summed E-state index contributed by atoms with van der Waals surface area (Å²) in [5, 5.41) is 4.98. The number of nitrogens with one attached hydrogen (secondary N) is 1. The Morgan fingerprint density at radius 2 is 2.53 bits per heavy atom. The van der Waals surface area contributed by atoms with E-state index in [4.69, 9.17) is 4.74 Å². The van der Waals surface area contributed by atoms with Crippen LogP contribution in [0.3, 0.4) is 0 Å². The van der Waals surface area contributed by atoms with Crippen molar-refractivity contribution < 1.29 is 9.53 Å². The molecule has 1 N–H and O–H groups in total. The summed E-state index contributed by atoms with van der Waals surface area (Å²) in [6.07, 6.45) is 1.50. The van der Waals surface area contributed by atoms with E-state index in [1.165, 1.54) is 0 Å². The molecule has 0 aromatic carbocycles. The lowest BCUT2D eigenvalue weighted by molar-refractivity contribution is -0.121. The van der Waals surface area contributed by atoms with Gasteiger partial charge in [-0.1, -0.05) is 6.07 Å². The monoisotopic (exact) mass is 271 g/mol. The third kappa shape index (κ3) is 3.47. The third-order valence-corrected chi connectivity index (χ3v) is 5.12. The zero-order chi connectivity index (χ0) is 12.1. The van der Waals surface area contributed by atoms with Crippen molar-refractivity contribution in [2.45, 2.75) is 18.4 Å². The first kappa shape index (κ1) is 12.9. The van der Waals surface area contributed by atoms with Gasteiger partial charge in [-0.05, 0) is 23.6 Å². The largest absolute Gasteiger partial charge is 0.376 e. The van der Waals surface area contributed by atoms with Gasteiger partial charge in [0.05, 0.1) is 12.0 Å². The number of carbonyl (C=O) groups excluding carboxylic acids is 1. The van der Waals surface area contributed by atoms with Crippen molar-refractivity contribution in [3.8, 4) is 0 Å². The van der Waals surface area contributed by atoms with E-state index in [-0.39, 0.29) is 11.5 Å². The molecule has 0 unspecified atom stereocenters. The van der Waals surface area contributed by atoms with Crippen molar-refractivity contribution in [2.75, 3.05) is 25.2 Å². The van der Waals surface area contributed by atoms with Crippen LogP contribution in [0.5, 0.6) is 0 Å². The fourth-order valence-corrected chi connectivity index (χ4v) is 3.96. The Bertz CT molecular complexity index is 359. The topological polar surface area (TPSA) is 38.3 Å². The average molecular weight is 271 g/mol. The molecule has 0 radical (unpaired) electrons. The van der Waals surface area contributed by atoms with E-state index in [9.17, 15) is 4.79 Å². The maximum absolute atomic E-state index is 11.8. The fraction of sp³-hybridized carbons (Fsp3) is 0.583. The molecule has 1 aromatic rings. The number of thioether (sulfide) groups is 1. The van der Waals surface area contributed by atoms with Crippen LogP contribution in [0.1, 0.15) is 11.3 Å². The SMILES string of the molecule is CO[C@]1(CNC(=O)Cc2cccs2)CCSC1. The number of hydrogen-bond donors (Lipinski definition) is 1. The molecule has 1 fully saturated rings. The first-order chi connectivity index (χ1) is 8.24. The van der Waals surface area contributed by atoms with E-state index in [1.54, 1.807) is 18.4 Å². The Balaban J connectivity index is 1.79. The molecule has 1 aliphatic heterocycles. The van der Waals surface area contributed by atoms with Gasteiger partial charge in [-0.2, -0.15) is 11.8 Å². The lowest BCUT2D eigenvalue weighted by atomic mass is 10.0. The highest BCUT2D eigenvalue weighted by Crippen LogP contribution is 2.30. The van der Waals surface area contributed by atoms with Crippen LogP contribution in [0.25, 0.3) is 0 Å². The molecule has 1 atom stereocenters. The minimum absolute atomic E-state index is 0.0841. The van der Waals surface area contributed by atoms with Gasteiger partial charge in [-0.15, -0.1) is 11.3 Å². The van der Waals surface area contributed by atoms with Gasteiger partial charge in [-0.25, -0.2) is 0 Å². The molecule has 2 rings (SSSR count). The van der Waals surface area contributed by atoms with Crippen molar-refractivity contribution in [2.24, 2.45) is 0 Å². The normalized spacial score (nSPS) is 23.8. The fourth-order valence-electron chi connectivity index (χ4n) is 1.85. The molecule has 0 saturated carbocycles. The summed E-state index contributed by atoms with van der Waals surface area (Å²) in [4.78, 5) is 12.9. The molecule has 2 heterocycles. The van der Waals surface area contributed by atoms with E-state index in [0.29, 0.717) is 13.0 Å². The predicted molar refractivity (Wildman–Crippen MR) is 72.7 cm³/mol. The second kappa shape index (κ2) is 5.89. The zero-order valence-electron chi connectivity index (χ0n) is 9.90. The summed E-state index contributed by atoms with van der Waals surface area (Å²) in [6.45, 7) is 0.626. The van der Waals surface area contributed by atoms with Gasteiger partial charge in [0.25, 0.3) is 0 Å². The average Bonchev–Trinajstić information content (AvgIpc) is 2.98. The molecule has 0 aliphatic carbocycles. The number of ether oxygens (including phenoxy) is 1. The molecular formula is C12H17NO2S2. The van der Waals surface area contributed by atoms with Gasteiger partial charge in [0.15, 0.2) is 0 Å². The van der Waals surface area contributed by atoms with E-state index in [1.807, 2.05) is 29.3 Å². The summed E-state index contributed by atoms with van der Waals surface area (Å²) < 4.78 is 5.55. The maximum atomic E-state index is 11.8. The summed E-state index contributed by atoms with van der Waals surface area (Å²) in [6, 6.07) is 3.96. The highest BCUT2D eigenvalue weighted by molar-refractivity contribution is 7.99. The molecule has 17 heavy (non-hydrogen) atoms. The minimum Gasteiger partial charge on any atom is -0.376 e. The minimum atomic E-state index is -0.143. The van der Waals surface area contributed by atoms with Crippen molar-refractivity contribution in [3.63, 3.8) is 0 Å². The van der Waals surface area contributed by atoms with Crippen LogP contribution in [0.2, 0.25) is 0 Å². The Labute approximate surface area is 110 Å². The van der Waals surface area contributed by atoms with E-state index >= 15 is 0 Å². The Morgan fingerprint density at radius 1 is 1.65 bits per heavy atom. The highest BCUT2D eigenvalue weighted by Gasteiger charge is 2.34. The van der Waals surface area contributed by atoms with Crippen LogP contribution in [0, 0.1) is 0 Å². The quantitative estimate of drug-likeness (QED) is 0.889. The van der Waals surface area contributed by atoms with Gasteiger partial charge < -0.3 is 10.1 Å². The van der Waals surface area contributed by atoms with Crippen LogP contribution in [-0.4, -0.2) is 36.7 Å². The van der Waals surface area contributed by atoms with Gasteiger partial charge in [0.2, 0.25) is 5.91 Å². The van der Waals surface area contributed by atoms with Gasteiger partial charge in [-0.3, -0.25) is 4.79 Å². The number of methoxy groups -OCH3 is 1. The van der Waals surface area contributed by atoms with Gasteiger partial charge in [0, 0.05) is 24.3 Å². The first-order valence-electron chi connectivity index (χ1n) is 5.66. The summed E-state index contributed by atoms with van der Waals surface area (Å²) in [5.74, 6) is 2.18. The molecule has 94 valence electrons. The zero-order valence-corrected chi connectivity index (χ0v) is 11.5. The second-order valence-electron chi connectivity index (χ2n) is 4.22. The molecule has 1 aromatic heterocycles. The Morgan fingerprint density at radius 3 is 3.12 bits per heavy atom. The van der Waals surface area contributed by atoms with Crippen molar-refractivity contribution in [3.05, 3.63) is 22.4 Å². The predicted octanol–water partition coefficient (Wildman–Crippen LogP) is 1.93. The molecule has 0 bridgehead atoms. The summed E-state index contributed by atoms with van der Waals surface area (Å²) in [7, 11) is 1.73. The molecule has 1 saturated heterocycles. The molecule has 1 aliphatic rings. The van der Waals surface area contributed by atoms with Gasteiger partial charge >= 0.3 is 0 Å². The highest BCUT2D eigenvalue weighted by atomic mass is 32.2. The summed E-state index contributed by atoms with van der Waals surface area (Å²) in [5.41, 5.74) is -0.143. The lowest BCUT2D eigenvalue weighted by Crippen LogP contribution is -2.44. The third-order valence-electron chi connectivity index (χ3n) is 3.02. The Kier molecular flexibility index (Phi) is 4.48. The first-order valence-corrected chi connectivity index (χ1v) is 7.69. The number of carbonyl (C=O) groups is 1. The van der Waals surface area contributed by atoms with Gasteiger partial charge in [0.1, 0.15) is 0 Å². The van der Waals surface area contributed by atoms with Crippen molar-refractivity contribution in [1.82, 2.24) is 5.32 Å². The van der Waals surface area contributed by atoms with Crippen LogP contribution in [0.15, 0.2) is 17.5 Å².